The number of nitriles is 1. The monoisotopic (exact) mass is 297 g/mol. The van der Waals surface area contributed by atoms with Gasteiger partial charge in [-0.25, -0.2) is 4.98 Å². The van der Waals surface area contributed by atoms with Gasteiger partial charge in [0.1, 0.15) is 5.82 Å². The van der Waals surface area contributed by atoms with E-state index in [4.69, 9.17) is 10.2 Å². The van der Waals surface area contributed by atoms with Crippen LogP contribution in [0.5, 0.6) is 0 Å². The van der Waals surface area contributed by atoms with Gasteiger partial charge in [0.15, 0.2) is 0 Å². The molecule has 2 aromatic rings. The minimum Gasteiger partial charge on any atom is -0.326 e. The summed E-state index contributed by atoms with van der Waals surface area (Å²) in [5.74, 6) is 1.08. The fourth-order valence-corrected chi connectivity index (χ4v) is 3.03. The van der Waals surface area contributed by atoms with Crippen LogP contribution in [-0.2, 0) is 13.1 Å². The van der Waals surface area contributed by atoms with E-state index < -0.39 is 0 Å². The second kappa shape index (κ2) is 6.47. The molecule has 0 spiro atoms. The Morgan fingerprint density at radius 1 is 1.23 bits per heavy atom. The molecule has 3 rings (SSSR count). The average Bonchev–Trinajstić information content (AvgIpc) is 2.83. The van der Waals surface area contributed by atoms with E-state index >= 15 is 0 Å². The van der Waals surface area contributed by atoms with Gasteiger partial charge in [-0.15, -0.1) is 0 Å². The van der Waals surface area contributed by atoms with Crippen LogP contribution in [0.4, 0.5) is 0 Å². The lowest BCUT2D eigenvalue weighted by Gasteiger charge is -2.32. The molecule has 1 saturated heterocycles. The van der Waals surface area contributed by atoms with E-state index in [-0.39, 0.29) is 0 Å². The first kappa shape index (κ1) is 15.0. The normalized spacial score (nSPS) is 17.0. The Hall–Kier alpha value is -1.90. The molecule has 22 heavy (non-hydrogen) atoms. The zero-order chi connectivity index (χ0) is 15.5. The number of hydrogen-bond donors (Lipinski definition) is 0. The van der Waals surface area contributed by atoms with Crippen molar-refractivity contribution in [3.8, 4) is 6.07 Å². The molecule has 116 valence electrons. The molecule has 0 bridgehead atoms. The number of hydrogen-bond acceptors (Lipinski definition) is 4. The first-order valence-electron chi connectivity index (χ1n) is 7.91. The topological polar surface area (TPSA) is 48.1 Å². The van der Waals surface area contributed by atoms with Crippen molar-refractivity contribution in [2.24, 2.45) is 0 Å². The summed E-state index contributed by atoms with van der Waals surface area (Å²) in [5, 5.41) is 8.92. The number of likely N-dealkylation sites (N-methyl/N-ethyl adjacent to an activating group) is 1. The molecule has 0 aliphatic carbocycles. The smallest absolute Gasteiger partial charge is 0.124 e. The summed E-state index contributed by atoms with van der Waals surface area (Å²) in [5.41, 5.74) is 3.41. The Morgan fingerprint density at radius 2 is 2.00 bits per heavy atom. The molecule has 0 radical (unpaired) electrons. The summed E-state index contributed by atoms with van der Waals surface area (Å²) < 4.78 is 2.22. The van der Waals surface area contributed by atoms with Crippen LogP contribution < -0.4 is 0 Å². The molecule has 1 aromatic carbocycles. The first-order valence-corrected chi connectivity index (χ1v) is 7.91. The lowest BCUT2D eigenvalue weighted by Crippen LogP contribution is -2.44. The second-order valence-corrected chi connectivity index (χ2v) is 6.16. The van der Waals surface area contributed by atoms with Crippen LogP contribution in [-0.4, -0.2) is 52.6 Å². The van der Waals surface area contributed by atoms with Gasteiger partial charge < -0.3 is 9.47 Å². The van der Waals surface area contributed by atoms with Gasteiger partial charge in [0.25, 0.3) is 0 Å². The number of rotatable bonds is 4. The third-order valence-corrected chi connectivity index (χ3v) is 4.39. The highest BCUT2D eigenvalue weighted by atomic mass is 15.3. The maximum Gasteiger partial charge on any atom is 0.124 e. The van der Waals surface area contributed by atoms with Crippen molar-refractivity contribution in [1.29, 1.82) is 5.26 Å². The van der Waals surface area contributed by atoms with Gasteiger partial charge in [0, 0.05) is 32.7 Å². The summed E-state index contributed by atoms with van der Waals surface area (Å²) in [4.78, 5) is 9.65. The lowest BCUT2D eigenvalue weighted by atomic mass is 10.2. The fraction of sp³-hybridized carbons (Fsp3) is 0.529. The molecule has 0 atom stereocenters. The molecule has 1 fully saturated rings. The summed E-state index contributed by atoms with van der Waals surface area (Å²) in [6.45, 7) is 8.06. The Bertz CT molecular complexity index is 689. The highest BCUT2D eigenvalue weighted by Crippen LogP contribution is 2.20. The number of benzene rings is 1. The van der Waals surface area contributed by atoms with E-state index in [1.165, 1.54) is 5.56 Å². The Labute approximate surface area is 131 Å². The SMILES string of the molecule is Cc1ccc2c(c1)nc(CN1CCN(C)CC1)n2CCC#N. The van der Waals surface area contributed by atoms with Crippen molar-refractivity contribution < 1.29 is 0 Å². The Balaban J connectivity index is 1.88. The van der Waals surface area contributed by atoms with Gasteiger partial charge in [-0.2, -0.15) is 5.26 Å². The third kappa shape index (κ3) is 3.13. The van der Waals surface area contributed by atoms with Crippen molar-refractivity contribution >= 4 is 11.0 Å². The van der Waals surface area contributed by atoms with Gasteiger partial charge >= 0.3 is 0 Å². The van der Waals surface area contributed by atoms with Crippen LogP contribution in [0.25, 0.3) is 11.0 Å². The average molecular weight is 297 g/mol. The number of fused-ring (bicyclic) bond motifs is 1. The van der Waals surface area contributed by atoms with Gasteiger partial charge in [-0.1, -0.05) is 6.07 Å². The molecule has 0 amide bonds. The van der Waals surface area contributed by atoms with E-state index in [1.54, 1.807) is 0 Å². The van der Waals surface area contributed by atoms with Crippen LogP contribution >= 0.6 is 0 Å². The van der Waals surface area contributed by atoms with E-state index in [1.807, 2.05) is 0 Å². The summed E-state index contributed by atoms with van der Waals surface area (Å²) in [6, 6.07) is 8.63. The molecule has 2 heterocycles. The van der Waals surface area contributed by atoms with Gasteiger partial charge in [0.05, 0.1) is 30.1 Å². The molecular formula is C17H23N5. The molecule has 0 N–H and O–H groups in total. The number of piperazine rings is 1. The predicted octanol–water partition coefficient (Wildman–Crippen LogP) is 2.01. The number of aryl methyl sites for hydroxylation is 2. The van der Waals surface area contributed by atoms with Crippen molar-refractivity contribution in [3.63, 3.8) is 0 Å². The Morgan fingerprint density at radius 3 is 2.73 bits per heavy atom. The summed E-state index contributed by atoms with van der Waals surface area (Å²) >= 11 is 0. The molecule has 1 aliphatic rings. The molecule has 5 nitrogen and oxygen atoms in total. The highest BCUT2D eigenvalue weighted by molar-refractivity contribution is 5.76. The third-order valence-electron chi connectivity index (χ3n) is 4.39. The zero-order valence-corrected chi connectivity index (χ0v) is 13.4. The van der Waals surface area contributed by atoms with Crippen LogP contribution in [0.1, 0.15) is 17.8 Å². The van der Waals surface area contributed by atoms with E-state index in [9.17, 15) is 0 Å². The number of aromatic nitrogens is 2. The molecule has 5 heteroatoms. The number of imidazole rings is 1. The largest absolute Gasteiger partial charge is 0.326 e. The minimum absolute atomic E-state index is 0.523. The maximum atomic E-state index is 8.92. The fourth-order valence-electron chi connectivity index (χ4n) is 3.03. The van der Waals surface area contributed by atoms with Gasteiger partial charge in [-0.05, 0) is 31.7 Å². The molecule has 1 aliphatic heterocycles. The van der Waals surface area contributed by atoms with Crippen LogP contribution in [0.15, 0.2) is 18.2 Å². The van der Waals surface area contributed by atoms with Crippen LogP contribution in [0, 0.1) is 18.3 Å². The lowest BCUT2D eigenvalue weighted by molar-refractivity contribution is 0.144. The molecular weight excluding hydrogens is 274 g/mol. The zero-order valence-electron chi connectivity index (χ0n) is 13.4. The molecule has 1 aromatic heterocycles. The standard InChI is InChI=1S/C17H23N5/c1-14-4-5-16-15(12-14)19-17(22(16)7-3-6-18)13-21-10-8-20(2)9-11-21/h4-5,12H,3,7-11,13H2,1-2H3. The number of nitrogens with zero attached hydrogens (tertiary/aromatic N) is 5. The molecule has 0 unspecified atom stereocenters. The highest BCUT2D eigenvalue weighted by Gasteiger charge is 2.18. The van der Waals surface area contributed by atoms with Crippen LogP contribution in [0.3, 0.4) is 0 Å². The quantitative estimate of drug-likeness (QED) is 0.866. The van der Waals surface area contributed by atoms with E-state index in [0.29, 0.717) is 6.42 Å². The van der Waals surface area contributed by atoms with Crippen molar-refractivity contribution in [3.05, 3.63) is 29.6 Å². The Kier molecular flexibility index (Phi) is 4.41. The minimum atomic E-state index is 0.523. The van der Waals surface area contributed by atoms with Crippen molar-refractivity contribution in [2.45, 2.75) is 26.4 Å². The van der Waals surface area contributed by atoms with Crippen molar-refractivity contribution in [1.82, 2.24) is 19.4 Å². The maximum absolute atomic E-state index is 8.92. The summed E-state index contributed by atoms with van der Waals surface area (Å²) in [7, 11) is 2.17. The second-order valence-electron chi connectivity index (χ2n) is 6.16. The van der Waals surface area contributed by atoms with Crippen LogP contribution in [0.2, 0.25) is 0 Å². The van der Waals surface area contributed by atoms with Crippen molar-refractivity contribution in [2.75, 3.05) is 33.2 Å². The first-order chi connectivity index (χ1) is 10.7. The predicted molar refractivity (Wildman–Crippen MR) is 87.5 cm³/mol. The van der Waals surface area contributed by atoms with E-state index in [0.717, 1.165) is 56.1 Å². The van der Waals surface area contributed by atoms with Gasteiger partial charge in [0.2, 0.25) is 0 Å². The van der Waals surface area contributed by atoms with Gasteiger partial charge in [-0.3, -0.25) is 4.90 Å². The summed E-state index contributed by atoms with van der Waals surface area (Å²) in [6.07, 6.45) is 0.523. The van der Waals surface area contributed by atoms with E-state index in [2.05, 4.69) is 52.6 Å². The molecule has 0 saturated carbocycles.